The molecule has 1 unspecified atom stereocenters. The van der Waals surface area contributed by atoms with Crippen LogP contribution in [0.1, 0.15) is 271 Å². The Morgan fingerprint density at radius 2 is 0.736 bits per heavy atom. The van der Waals surface area contributed by atoms with Crippen LogP contribution in [0.5, 0.6) is 0 Å². The van der Waals surface area contributed by atoms with E-state index >= 15 is 0 Å². The fourth-order valence-electron chi connectivity index (χ4n) is 7.44. The van der Waals surface area contributed by atoms with Crippen LogP contribution in [0.2, 0.25) is 0 Å². The predicted molar refractivity (Wildman–Crippen MR) is 233 cm³/mol. The number of carbonyl (C=O) groups excluding carboxylic acids is 1. The summed E-state index contributed by atoms with van der Waals surface area (Å²) in [6, 6.07) is 0. The van der Waals surface area contributed by atoms with Gasteiger partial charge in [0.25, 0.3) is 0 Å². The summed E-state index contributed by atoms with van der Waals surface area (Å²) in [5.41, 5.74) is 0. The average Bonchev–Trinajstić information content (AvgIpc) is 3.16. The lowest BCUT2D eigenvalue weighted by Gasteiger charge is -2.16. The topological polar surface area (TPSA) is 55.8 Å². The Hall–Kier alpha value is -0.870. The van der Waals surface area contributed by atoms with Crippen LogP contribution in [0.4, 0.5) is 0 Å². The van der Waals surface area contributed by atoms with Crippen LogP contribution in [-0.2, 0) is 14.3 Å². The monoisotopic (exact) mass is 749 g/mol. The van der Waals surface area contributed by atoms with E-state index in [9.17, 15) is 9.90 Å². The van der Waals surface area contributed by atoms with E-state index in [4.69, 9.17) is 9.47 Å². The van der Waals surface area contributed by atoms with Crippen molar-refractivity contribution in [2.24, 2.45) is 0 Å². The van der Waals surface area contributed by atoms with Gasteiger partial charge in [-0.15, -0.1) is 0 Å². The van der Waals surface area contributed by atoms with Gasteiger partial charge < -0.3 is 14.6 Å². The summed E-state index contributed by atoms with van der Waals surface area (Å²) >= 11 is 0. The summed E-state index contributed by atoms with van der Waals surface area (Å²) in [5.74, 6) is -0.194. The summed E-state index contributed by atoms with van der Waals surface area (Å²) in [6.07, 6.45) is 57.2. The Morgan fingerprint density at radius 1 is 0.434 bits per heavy atom. The smallest absolute Gasteiger partial charge is 0.306 e. The number of aliphatic hydroxyl groups is 1. The zero-order valence-corrected chi connectivity index (χ0v) is 36.3. The fraction of sp³-hybridized carbons (Fsp3) is 0.939. The lowest BCUT2D eigenvalue weighted by molar-refractivity contribution is -0.154. The molecule has 1 atom stereocenters. The summed E-state index contributed by atoms with van der Waals surface area (Å²) in [7, 11) is 0. The van der Waals surface area contributed by atoms with Crippen LogP contribution in [0.15, 0.2) is 12.2 Å². The number of ether oxygens (including phenoxy) is 2. The summed E-state index contributed by atoms with van der Waals surface area (Å²) in [4.78, 5) is 12.2. The Labute approximate surface area is 333 Å². The van der Waals surface area contributed by atoms with E-state index in [0.29, 0.717) is 19.6 Å². The normalized spacial score (nSPS) is 12.3. The number of hydrogen-bond donors (Lipinski definition) is 1. The van der Waals surface area contributed by atoms with Crippen LogP contribution in [-0.4, -0.2) is 37.0 Å². The van der Waals surface area contributed by atoms with Crippen molar-refractivity contribution in [2.75, 3.05) is 19.8 Å². The number of carbonyl (C=O) groups is 1. The average molecular weight is 749 g/mol. The number of allylic oxidation sites excluding steroid dienone is 2. The molecule has 0 aliphatic carbocycles. The van der Waals surface area contributed by atoms with Gasteiger partial charge in [0.15, 0.2) is 0 Å². The molecule has 0 amide bonds. The molecule has 0 aliphatic rings. The predicted octanol–water partition coefficient (Wildman–Crippen LogP) is 16.1. The van der Waals surface area contributed by atoms with Crippen LogP contribution in [0.25, 0.3) is 0 Å². The van der Waals surface area contributed by atoms with Crippen molar-refractivity contribution >= 4 is 5.97 Å². The first-order chi connectivity index (χ1) is 26.2. The molecule has 0 aromatic rings. The molecular formula is C49H96O4. The highest BCUT2D eigenvalue weighted by atomic mass is 16.6. The van der Waals surface area contributed by atoms with Crippen molar-refractivity contribution in [1.29, 1.82) is 0 Å². The van der Waals surface area contributed by atoms with Gasteiger partial charge in [-0.25, -0.2) is 0 Å². The molecule has 0 heterocycles. The molecule has 0 bridgehead atoms. The van der Waals surface area contributed by atoms with Crippen LogP contribution >= 0.6 is 0 Å². The van der Waals surface area contributed by atoms with E-state index in [1.165, 1.54) is 231 Å². The molecule has 316 valence electrons. The number of esters is 1. The standard InChI is InChI=1S/C49H96O4/c1-3-5-7-9-11-13-15-17-19-21-23-24-25-26-28-30-32-34-36-38-40-42-44-49(51)53-48(46-50)47-52-45-43-41-39-37-35-33-31-29-27-22-20-18-16-14-12-10-8-6-4-2/h20,22,48,50H,3-19,21,23-47H2,1-2H3/b22-20-. The van der Waals surface area contributed by atoms with Gasteiger partial charge in [0.2, 0.25) is 0 Å². The third-order valence-corrected chi connectivity index (χ3v) is 11.1. The van der Waals surface area contributed by atoms with Gasteiger partial charge in [0.05, 0.1) is 13.2 Å². The fourth-order valence-corrected chi connectivity index (χ4v) is 7.44. The molecule has 0 saturated heterocycles. The van der Waals surface area contributed by atoms with Gasteiger partial charge in [-0.3, -0.25) is 4.79 Å². The van der Waals surface area contributed by atoms with Gasteiger partial charge in [-0.1, -0.05) is 238 Å². The van der Waals surface area contributed by atoms with Crippen LogP contribution < -0.4 is 0 Å². The first-order valence-corrected chi connectivity index (χ1v) is 24.3. The Balaban J connectivity index is 3.36. The minimum absolute atomic E-state index is 0.167. The quantitative estimate of drug-likeness (QED) is 0.0383. The van der Waals surface area contributed by atoms with E-state index in [1.54, 1.807) is 0 Å². The first kappa shape index (κ1) is 52.1. The molecule has 0 rings (SSSR count). The zero-order chi connectivity index (χ0) is 38.4. The van der Waals surface area contributed by atoms with E-state index in [1.807, 2.05) is 0 Å². The molecule has 4 nitrogen and oxygen atoms in total. The lowest BCUT2D eigenvalue weighted by atomic mass is 10.0. The summed E-state index contributed by atoms with van der Waals surface area (Å²) in [6.45, 7) is 5.39. The number of rotatable bonds is 46. The zero-order valence-electron chi connectivity index (χ0n) is 36.3. The SMILES string of the molecule is CCCCCCCCC/C=C\CCCCCCCCCCOCC(CO)OC(=O)CCCCCCCCCCCCCCCCCCCCCCCC. The molecule has 0 radical (unpaired) electrons. The van der Waals surface area contributed by atoms with E-state index in [2.05, 4.69) is 26.0 Å². The molecule has 0 spiro atoms. The first-order valence-electron chi connectivity index (χ1n) is 24.3. The number of unbranched alkanes of at least 4 members (excludes halogenated alkanes) is 36. The van der Waals surface area contributed by atoms with E-state index in [0.717, 1.165) is 19.3 Å². The maximum absolute atomic E-state index is 12.2. The van der Waals surface area contributed by atoms with E-state index < -0.39 is 6.10 Å². The van der Waals surface area contributed by atoms with Gasteiger partial charge in [-0.05, 0) is 38.5 Å². The third-order valence-electron chi connectivity index (χ3n) is 11.1. The highest BCUT2D eigenvalue weighted by Gasteiger charge is 2.13. The Bertz CT molecular complexity index is 707. The number of aliphatic hydroxyl groups excluding tert-OH is 1. The maximum Gasteiger partial charge on any atom is 0.306 e. The molecular weight excluding hydrogens is 653 g/mol. The molecule has 0 saturated carbocycles. The molecule has 0 fully saturated rings. The summed E-state index contributed by atoms with van der Waals surface area (Å²) < 4.78 is 11.2. The molecule has 1 N–H and O–H groups in total. The minimum atomic E-state index is -0.530. The molecule has 0 aromatic heterocycles. The van der Waals surface area contributed by atoms with Crippen molar-refractivity contribution in [1.82, 2.24) is 0 Å². The van der Waals surface area contributed by atoms with Gasteiger partial charge >= 0.3 is 5.97 Å². The van der Waals surface area contributed by atoms with Gasteiger partial charge in [0.1, 0.15) is 6.10 Å². The van der Waals surface area contributed by atoms with Crippen molar-refractivity contribution < 1.29 is 19.4 Å². The molecule has 0 aliphatic heterocycles. The van der Waals surface area contributed by atoms with Gasteiger partial charge in [0, 0.05) is 13.0 Å². The highest BCUT2D eigenvalue weighted by Crippen LogP contribution is 2.16. The lowest BCUT2D eigenvalue weighted by Crippen LogP contribution is -2.27. The summed E-state index contributed by atoms with van der Waals surface area (Å²) in [5, 5.41) is 9.63. The third kappa shape index (κ3) is 45.4. The van der Waals surface area contributed by atoms with Crippen molar-refractivity contribution in [3.63, 3.8) is 0 Å². The van der Waals surface area contributed by atoms with Crippen LogP contribution in [0, 0.1) is 0 Å². The van der Waals surface area contributed by atoms with Crippen molar-refractivity contribution in [3.8, 4) is 0 Å². The highest BCUT2D eigenvalue weighted by molar-refractivity contribution is 5.69. The van der Waals surface area contributed by atoms with Crippen molar-refractivity contribution in [3.05, 3.63) is 12.2 Å². The Morgan fingerprint density at radius 3 is 1.08 bits per heavy atom. The largest absolute Gasteiger partial charge is 0.457 e. The van der Waals surface area contributed by atoms with Gasteiger partial charge in [-0.2, -0.15) is 0 Å². The second-order valence-electron chi connectivity index (χ2n) is 16.5. The van der Waals surface area contributed by atoms with E-state index in [-0.39, 0.29) is 12.6 Å². The molecule has 53 heavy (non-hydrogen) atoms. The minimum Gasteiger partial charge on any atom is -0.457 e. The maximum atomic E-state index is 12.2. The van der Waals surface area contributed by atoms with Crippen molar-refractivity contribution in [2.45, 2.75) is 277 Å². The molecule has 0 aromatic carbocycles. The second-order valence-corrected chi connectivity index (χ2v) is 16.5. The van der Waals surface area contributed by atoms with Crippen LogP contribution in [0.3, 0.4) is 0 Å². The Kier molecular flexibility index (Phi) is 46.5. The molecule has 4 heteroatoms. The number of hydrogen-bond acceptors (Lipinski definition) is 4. The second kappa shape index (κ2) is 47.3.